The number of benzene rings is 3. The Labute approximate surface area is 175 Å². The number of nitrogens with zero attached hydrogens (tertiary/aromatic N) is 1. The van der Waals surface area contributed by atoms with Gasteiger partial charge in [-0.2, -0.15) is 0 Å². The maximum Gasteiger partial charge on any atom is 0.275 e. The van der Waals surface area contributed by atoms with Crippen molar-refractivity contribution in [2.75, 3.05) is 13.6 Å². The van der Waals surface area contributed by atoms with Crippen molar-refractivity contribution >= 4 is 38.2 Å². The van der Waals surface area contributed by atoms with E-state index in [1.54, 1.807) is 11.3 Å². The number of nitrogens with one attached hydrogen (secondary N) is 2. The Morgan fingerprint density at radius 2 is 1.76 bits per heavy atom. The molecule has 1 amide bonds. The fourth-order valence-corrected chi connectivity index (χ4v) is 4.66. The molecular weight excluding hydrogens is 378 g/mol. The second-order valence-corrected chi connectivity index (χ2v) is 8.72. The second kappa shape index (κ2) is 8.31. The van der Waals surface area contributed by atoms with Crippen molar-refractivity contribution in [2.24, 2.45) is 0 Å². The minimum absolute atomic E-state index is 0.0299. The van der Waals surface area contributed by atoms with E-state index in [-0.39, 0.29) is 18.0 Å². The normalized spacial score (nSPS) is 14.6. The van der Waals surface area contributed by atoms with Crippen LogP contribution in [0.1, 0.15) is 36.5 Å². The van der Waals surface area contributed by atoms with E-state index in [9.17, 15) is 4.79 Å². The number of carbonyl (C=O) groups is 1. The van der Waals surface area contributed by atoms with E-state index in [4.69, 9.17) is 4.98 Å². The van der Waals surface area contributed by atoms with E-state index in [1.165, 1.54) is 15.5 Å². The van der Waals surface area contributed by atoms with E-state index >= 15 is 0 Å². The van der Waals surface area contributed by atoms with Gasteiger partial charge in [-0.05, 0) is 48.4 Å². The van der Waals surface area contributed by atoms with Crippen molar-refractivity contribution < 1.29 is 9.69 Å². The summed E-state index contributed by atoms with van der Waals surface area (Å²) in [5.41, 5.74) is 2.15. The van der Waals surface area contributed by atoms with Gasteiger partial charge >= 0.3 is 0 Å². The zero-order valence-electron chi connectivity index (χ0n) is 17.0. The number of fused-ring (bicyclic) bond motifs is 2. The van der Waals surface area contributed by atoms with Gasteiger partial charge in [0.05, 0.1) is 23.3 Å². The van der Waals surface area contributed by atoms with E-state index in [0.717, 1.165) is 21.0 Å². The zero-order chi connectivity index (χ0) is 20.4. The molecule has 2 N–H and O–H groups in total. The number of hydrogen-bond acceptors (Lipinski definition) is 3. The van der Waals surface area contributed by atoms with Crippen LogP contribution in [-0.2, 0) is 4.79 Å². The number of thiazole rings is 1. The number of likely N-dealkylation sites (N-methyl/N-ethyl adjacent to an activating group) is 1. The number of aromatic nitrogens is 1. The summed E-state index contributed by atoms with van der Waals surface area (Å²) in [5.74, 6) is 0.0520. The monoisotopic (exact) mass is 404 g/mol. The zero-order valence-corrected chi connectivity index (χ0v) is 17.8. The van der Waals surface area contributed by atoms with E-state index in [2.05, 4.69) is 55.7 Å². The summed E-state index contributed by atoms with van der Waals surface area (Å²) < 4.78 is 1.19. The van der Waals surface area contributed by atoms with Gasteiger partial charge in [0.2, 0.25) is 0 Å². The number of amides is 1. The first-order valence-corrected chi connectivity index (χ1v) is 10.8. The molecule has 0 spiro atoms. The molecule has 1 heterocycles. The standard InChI is InChI=1S/C24H25N3OS/c1-16(19-13-12-18-8-4-5-9-20(18)14-19)25-23(28)15-27(3)17(2)24-26-21-10-6-7-11-22(21)29-24/h4-14,16-17H,15H2,1-3H3,(H,25,28)/p+1/t16-,17-/m0/s1. The van der Waals surface area contributed by atoms with Gasteiger partial charge in [0.25, 0.3) is 5.91 Å². The van der Waals surface area contributed by atoms with Crippen molar-refractivity contribution in [1.82, 2.24) is 10.3 Å². The Morgan fingerprint density at radius 1 is 1.03 bits per heavy atom. The Kier molecular flexibility index (Phi) is 5.60. The lowest BCUT2D eigenvalue weighted by atomic mass is 10.0. The van der Waals surface area contributed by atoms with Crippen molar-refractivity contribution in [1.29, 1.82) is 0 Å². The Balaban J connectivity index is 1.39. The molecule has 1 aromatic heterocycles. The molecule has 0 aliphatic carbocycles. The summed E-state index contributed by atoms with van der Waals surface area (Å²) in [5, 5.41) is 6.62. The molecule has 148 valence electrons. The quantitative estimate of drug-likeness (QED) is 0.512. The number of carbonyl (C=O) groups excluding carboxylic acids is 1. The molecular formula is C24H26N3OS+. The molecule has 5 heteroatoms. The van der Waals surface area contributed by atoms with Crippen molar-refractivity contribution in [3.8, 4) is 0 Å². The van der Waals surface area contributed by atoms with E-state index in [1.807, 2.05) is 37.3 Å². The van der Waals surface area contributed by atoms with Gasteiger partial charge in [0.15, 0.2) is 11.6 Å². The van der Waals surface area contributed by atoms with Crippen LogP contribution in [0, 0.1) is 0 Å². The molecule has 0 fully saturated rings. The first-order chi connectivity index (χ1) is 14.0. The van der Waals surface area contributed by atoms with Crippen LogP contribution in [0.25, 0.3) is 21.0 Å². The molecule has 0 saturated carbocycles. The van der Waals surface area contributed by atoms with Crippen LogP contribution in [0.3, 0.4) is 0 Å². The first kappa shape index (κ1) is 19.6. The number of quaternary nitrogens is 1. The summed E-state index contributed by atoms with van der Waals surface area (Å²) in [6.45, 7) is 4.58. The van der Waals surface area contributed by atoms with Crippen LogP contribution in [0.2, 0.25) is 0 Å². The fraction of sp³-hybridized carbons (Fsp3) is 0.250. The molecule has 4 rings (SSSR count). The highest BCUT2D eigenvalue weighted by molar-refractivity contribution is 7.18. The number of para-hydroxylation sites is 1. The van der Waals surface area contributed by atoms with E-state index in [0.29, 0.717) is 6.54 Å². The minimum atomic E-state index is -0.0299. The van der Waals surface area contributed by atoms with Crippen molar-refractivity contribution in [3.63, 3.8) is 0 Å². The lowest BCUT2D eigenvalue weighted by molar-refractivity contribution is -0.902. The highest BCUT2D eigenvalue weighted by Crippen LogP contribution is 2.24. The summed E-state index contributed by atoms with van der Waals surface area (Å²) in [4.78, 5) is 18.5. The molecule has 4 aromatic rings. The predicted molar refractivity (Wildman–Crippen MR) is 120 cm³/mol. The van der Waals surface area contributed by atoms with Crippen LogP contribution in [0.5, 0.6) is 0 Å². The minimum Gasteiger partial charge on any atom is -0.345 e. The largest absolute Gasteiger partial charge is 0.345 e. The molecule has 0 radical (unpaired) electrons. The molecule has 29 heavy (non-hydrogen) atoms. The Morgan fingerprint density at radius 3 is 2.55 bits per heavy atom. The summed E-state index contributed by atoms with van der Waals surface area (Å²) in [6.07, 6.45) is 0. The lowest BCUT2D eigenvalue weighted by Gasteiger charge is -2.21. The third-order valence-electron chi connectivity index (χ3n) is 5.51. The molecule has 3 atom stereocenters. The highest BCUT2D eigenvalue weighted by atomic mass is 32.1. The molecule has 3 aromatic carbocycles. The summed E-state index contributed by atoms with van der Waals surface area (Å²) in [7, 11) is 2.05. The van der Waals surface area contributed by atoms with Crippen LogP contribution in [-0.4, -0.2) is 24.5 Å². The van der Waals surface area contributed by atoms with Gasteiger partial charge < -0.3 is 10.2 Å². The summed E-state index contributed by atoms with van der Waals surface area (Å²) in [6, 6.07) is 22.9. The molecule has 0 bridgehead atoms. The SMILES string of the molecule is C[C@H](NC(=O)C[NH+](C)[C@@H](C)c1nc2ccccc2s1)c1ccc2ccccc2c1. The maximum atomic E-state index is 12.7. The average molecular weight is 405 g/mol. The average Bonchev–Trinajstić information content (AvgIpc) is 3.16. The molecule has 4 nitrogen and oxygen atoms in total. The maximum absolute atomic E-state index is 12.7. The van der Waals surface area contributed by atoms with Gasteiger partial charge in [-0.25, -0.2) is 4.98 Å². The van der Waals surface area contributed by atoms with Crippen molar-refractivity contribution in [2.45, 2.75) is 25.9 Å². The van der Waals surface area contributed by atoms with Crippen LogP contribution in [0.15, 0.2) is 66.7 Å². The van der Waals surface area contributed by atoms with Gasteiger partial charge in [0.1, 0.15) is 6.04 Å². The molecule has 0 saturated heterocycles. The number of hydrogen-bond donors (Lipinski definition) is 2. The topological polar surface area (TPSA) is 46.4 Å². The van der Waals surface area contributed by atoms with Gasteiger partial charge in [0, 0.05) is 0 Å². The third kappa shape index (κ3) is 4.31. The third-order valence-corrected chi connectivity index (χ3v) is 6.73. The molecule has 0 aliphatic rings. The van der Waals surface area contributed by atoms with Gasteiger partial charge in [-0.1, -0.05) is 48.5 Å². The lowest BCUT2D eigenvalue weighted by Crippen LogP contribution is -3.10. The van der Waals surface area contributed by atoms with Gasteiger partial charge in [-0.3, -0.25) is 4.79 Å². The van der Waals surface area contributed by atoms with Gasteiger partial charge in [-0.15, -0.1) is 11.3 Å². The first-order valence-electron chi connectivity index (χ1n) is 9.97. The van der Waals surface area contributed by atoms with Crippen LogP contribution in [0.4, 0.5) is 0 Å². The second-order valence-electron chi connectivity index (χ2n) is 7.66. The highest BCUT2D eigenvalue weighted by Gasteiger charge is 2.22. The van der Waals surface area contributed by atoms with Crippen LogP contribution < -0.4 is 10.2 Å². The molecule has 0 aliphatic heterocycles. The Hall–Kier alpha value is -2.76. The van der Waals surface area contributed by atoms with E-state index < -0.39 is 0 Å². The van der Waals surface area contributed by atoms with Crippen molar-refractivity contribution in [3.05, 3.63) is 77.3 Å². The smallest absolute Gasteiger partial charge is 0.275 e. The van der Waals surface area contributed by atoms with Crippen LogP contribution >= 0.6 is 11.3 Å². The fourth-order valence-electron chi connectivity index (χ4n) is 3.55. The predicted octanol–water partition coefficient (Wildman–Crippen LogP) is 3.90. The summed E-state index contributed by atoms with van der Waals surface area (Å²) >= 11 is 1.71. The molecule has 1 unspecified atom stereocenters. The number of rotatable bonds is 6. The Bertz CT molecular complexity index is 1120.